The van der Waals surface area contributed by atoms with Crippen LogP contribution in [0.5, 0.6) is 5.75 Å². The zero-order valence-electron chi connectivity index (χ0n) is 18.2. The number of carboxylic acid groups (broad SMARTS) is 1. The van der Waals surface area contributed by atoms with Crippen LogP contribution in [0, 0.1) is 17.8 Å². The highest BCUT2D eigenvalue weighted by Gasteiger charge is 2.24. The first-order chi connectivity index (χ1) is 16.1. The molecule has 3 aromatic rings. The van der Waals surface area contributed by atoms with Gasteiger partial charge in [0.15, 0.2) is 0 Å². The lowest BCUT2D eigenvalue weighted by Gasteiger charge is -2.29. The maximum Gasteiger partial charge on any atom is 0.306 e. The van der Waals surface area contributed by atoms with Gasteiger partial charge in [-0.3, -0.25) is 9.69 Å². The van der Waals surface area contributed by atoms with Crippen LogP contribution in [0.1, 0.15) is 24.1 Å². The van der Waals surface area contributed by atoms with Crippen molar-refractivity contribution in [1.82, 2.24) is 9.88 Å². The van der Waals surface area contributed by atoms with Crippen LogP contribution in [0.25, 0.3) is 11.1 Å². The van der Waals surface area contributed by atoms with Gasteiger partial charge in [-0.2, -0.15) is 0 Å². The molecule has 5 nitrogen and oxygen atoms in total. The van der Waals surface area contributed by atoms with Gasteiger partial charge < -0.3 is 9.84 Å². The van der Waals surface area contributed by atoms with Gasteiger partial charge in [0.05, 0.1) is 5.92 Å². The average Bonchev–Trinajstić information content (AvgIpc) is 2.85. The van der Waals surface area contributed by atoms with E-state index in [4.69, 9.17) is 21.4 Å². The van der Waals surface area contributed by atoms with Crippen LogP contribution in [-0.4, -0.2) is 47.2 Å². The average molecular weight is 461 g/mol. The topological polar surface area (TPSA) is 62.7 Å². The van der Waals surface area contributed by atoms with Crippen molar-refractivity contribution in [3.63, 3.8) is 0 Å². The maximum absolute atomic E-state index is 11.0. The Morgan fingerprint density at radius 1 is 1.00 bits per heavy atom. The van der Waals surface area contributed by atoms with Gasteiger partial charge in [0.1, 0.15) is 18.1 Å². The van der Waals surface area contributed by atoms with Crippen molar-refractivity contribution in [3.05, 3.63) is 83.1 Å². The van der Waals surface area contributed by atoms with Crippen LogP contribution in [-0.2, 0) is 4.79 Å². The summed E-state index contributed by atoms with van der Waals surface area (Å²) in [5.74, 6) is 6.14. The van der Waals surface area contributed by atoms with Gasteiger partial charge in [-0.25, -0.2) is 4.98 Å². The van der Waals surface area contributed by atoms with E-state index < -0.39 is 5.97 Å². The maximum atomic E-state index is 11.0. The van der Waals surface area contributed by atoms with Gasteiger partial charge in [0.25, 0.3) is 0 Å². The number of pyridine rings is 1. The zero-order chi connectivity index (χ0) is 23.0. The number of carbonyl (C=O) groups is 1. The van der Waals surface area contributed by atoms with E-state index in [0.717, 1.165) is 42.1 Å². The fraction of sp³-hybridized carbons (Fsp3) is 0.259. The normalized spacial score (nSPS) is 14.3. The second kappa shape index (κ2) is 11.0. The summed E-state index contributed by atoms with van der Waals surface area (Å²) >= 11 is 5.94. The first kappa shape index (κ1) is 22.8. The number of likely N-dealkylation sites (tertiary alicyclic amines) is 1. The minimum absolute atomic E-state index is 0.201. The summed E-state index contributed by atoms with van der Waals surface area (Å²) in [5.41, 5.74) is 3.68. The fourth-order valence-electron chi connectivity index (χ4n) is 3.75. The molecular weight excluding hydrogens is 436 g/mol. The van der Waals surface area contributed by atoms with Gasteiger partial charge in [0.2, 0.25) is 0 Å². The third kappa shape index (κ3) is 6.58. The van der Waals surface area contributed by atoms with Crippen molar-refractivity contribution in [2.24, 2.45) is 5.92 Å². The molecule has 33 heavy (non-hydrogen) atoms. The molecule has 1 saturated heterocycles. The van der Waals surface area contributed by atoms with Gasteiger partial charge in [-0.15, -0.1) is 0 Å². The Labute approximate surface area is 199 Å². The number of halogens is 1. The number of hydrogen-bond donors (Lipinski definition) is 1. The number of carboxylic acids is 1. The lowest BCUT2D eigenvalue weighted by molar-refractivity contribution is -0.143. The van der Waals surface area contributed by atoms with Crippen LogP contribution in [0.4, 0.5) is 0 Å². The minimum Gasteiger partial charge on any atom is -0.492 e. The summed E-state index contributed by atoms with van der Waals surface area (Å²) in [4.78, 5) is 17.7. The SMILES string of the molecule is O=C(O)C1CCN(CCOc2ccc(C#Cc3ccc(-c4ccc(Cl)cc4)cn3)cc2)CC1. The molecule has 1 fully saturated rings. The van der Waals surface area contributed by atoms with E-state index in [1.54, 1.807) is 0 Å². The number of hydrogen-bond acceptors (Lipinski definition) is 4. The van der Waals surface area contributed by atoms with Crippen molar-refractivity contribution in [2.45, 2.75) is 12.8 Å². The van der Waals surface area contributed by atoms with E-state index in [2.05, 4.69) is 21.7 Å². The number of ether oxygens (including phenoxy) is 1. The quantitative estimate of drug-likeness (QED) is 0.526. The molecule has 168 valence electrons. The Balaban J connectivity index is 1.25. The highest BCUT2D eigenvalue weighted by molar-refractivity contribution is 6.30. The van der Waals surface area contributed by atoms with Crippen LogP contribution in [0.15, 0.2) is 66.9 Å². The van der Waals surface area contributed by atoms with E-state index in [1.807, 2.05) is 66.9 Å². The Hall–Kier alpha value is -3.33. The molecule has 0 unspecified atom stereocenters. The molecule has 0 radical (unpaired) electrons. The Bertz CT molecular complexity index is 1130. The van der Waals surface area contributed by atoms with Crippen molar-refractivity contribution >= 4 is 17.6 Å². The van der Waals surface area contributed by atoms with E-state index >= 15 is 0 Å². The number of aromatic nitrogens is 1. The van der Waals surface area contributed by atoms with E-state index in [9.17, 15) is 4.79 Å². The van der Waals surface area contributed by atoms with Crippen molar-refractivity contribution in [2.75, 3.05) is 26.2 Å². The lowest BCUT2D eigenvalue weighted by atomic mass is 9.97. The highest BCUT2D eigenvalue weighted by Crippen LogP contribution is 2.21. The number of rotatable bonds is 6. The third-order valence-electron chi connectivity index (χ3n) is 5.74. The standard InChI is InChI=1S/C27H25ClN2O3/c28-24-7-4-21(5-8-24)23-6-10-25(29-19-23)9-1-20-2-11-26(12-3-20)33-18-17-30-15-13-22(14-16-30)27(31)32/h2-8,10-12,19,22H,13-18H2,(H,31,32). The molecule has 6 heteroatoms. The van der Waals surface area contributed by atoms with Gasteiger partial charge in [-0.05, 0) is 79.9 Å². The first-order valence-corrected chi connectivity index (χ1v) is 11.4. The van der Waals surface area contributed by atoms with E-state index in [1.165, 1.54) is 0 Å². The predicted octanol–water partition coefficient (Wildman–Crippen LogP) is 4.98. The van der Waals surface area contributed by atoms with Gasteiger partial charge in [-0.1, -0.05) is 35.7 Å². The molecule has 0 amide bonds. The number of nitrogens with zero attached hydrogens (tertiary/aromatic N) is 2. The van der Waals surface area contributed by atoms with Crippen molar-refractivity contribution in [1.29, 1.82) is 0 Å². The van der Waals surface area contributed by atoms with Gasteiger partial charge >= 0.3 is 5.97 Å². The Kier molecular flexibility index (Phi) is 7.62. The molecule has 1 N–H and O–H groups in total. The lowest BCUT2D eigenvalue weighted by Crippen LogP contribution is -2.38. The summed E-state index contributed by atoms with van der Waals surface area (Å²) in [7, 11) is 0. The molecule has 0 saturated carbocycles. The molecule has 0 aliphatic carbocycles. The van der Waals surface area contributed by atoms with Crippen LogP contribution >= 0.6 is 11.6 Å². The molecule has 1 aliphatic heterocycles. The van der Waals surface area contributed by atoms with E-state index in [-0.39, 0.29) is 5.92 Å². The summed E-state index contributed by atoms with van der Waals surface area (Å²) in [5, 5.41) is 9.79. The van der Waals surface area contributed by atoms with Crippen LogP contribution in [0.3, 0.4) is 0 Å². The minimum atomic E-state index is -0.681. The Morgan fingerprint density at radius 2 is 1.70 bits per heavy atom. The number of benzene rings is 2. The molecule has 2 heterocycles. The molecule has 4 rings (SSSR count). The fourth-order valence-corrected chi connectivity index (χ4v) is 3.87. The first-order valence-electron chi connectivity index (χ1n) is 11.0. The molecule has 1 aromatic heterocycles. The summed E-state index contributed by atoms with van der Waals surface area (Å²) in [6.07, 6.45) is 3.23. The van der Waals surface area contributed by atoms with Crippen molar-refractivity contribution < 1.29 is 14.6 Å². The predicted molar refractivity (Wildman–Crippen MR) is 129 cm³/mol. The molecule has 0 bridgehead atoms. The summed E-state index contributed by atoms with van der Waals surface area (Å²) < 4.78 is 5.84. The van der Waals surface area contributed by atoms with Crippen molar-refractivity contribution in [3.8, 4) is 28.7 Å². The zero-order valence-corrected chi connectivity index (χ0v) is 19.0. The molecule has 0 spiro atoms. The van der Waals surface area contributed by atoms with Crippen LogP contribution in [0.2, 0.25) is 5.02 Å². The molecular formula is C27H25ClN2O3. The highest BCUT2D eigenvalue weighted by atomic mass is 35.5. The molecule has 1 aliphatic rings. The number of aliphatic carboxylic acids is 1. The van der Waals surface area contributed by atoms with Crippen LogP contribution < -0.4 is 4.74 Å². The molecule has 0 atom stereocenters. The monoisotopic (exact) mass is 460 g/mol. The largest absolute Gasteiger partial charge is 0.492 e. The summed E-state index contributed by atoms with van der Waals surface area (Å²) in [6, 6.07) is 19.3. The smallest absolute Gasteiger partial charge is 0.306 e. The number of piperidine rings is 1. The third-order valence-corrected chi connectivity index (χ3v) is 6.00. The second-order valence-electron chi connectivity index (χ2n) is 8.02. The summed E-state index contributed by atoms with van der Waals surface area (Å²) in [6.45, 7) is 2.99. The molecule has 2 aromatic carbocycles. The van der Waals surface area contributed by atoms with E-state index in [0.29, 0.717) is 30.2 Å². The van der Waals surface area contributed by atoms with Gasteiger partial charge in [0, 0.05) is 28.9 Å². The Morgan fingerprint density at radius 3 is 2.33 bits per heavy atom. The second-order valence-corrected chi connectivity index (χ2v) is 8.45.